The molecule has 1 heterocycles. The van der Waals surface area contributed by atoms with E-state index in [0.717, 1.165) is 0 Å². The Labute approximate surface area is 140 Å². The number of benzene rings is 1. The molecule has 124 valence electrons. The van der Waals surface area contributed by atoms with Crippen LogP contribution in [0, 0.1) is 0 Å². The molecular formula is C16H20ClN3O3. The Morgan fingerprint density at radius 3 is 2.65 bits per heavy atom. The Kier molecular flexibility index (Phi) is 6.04. The number of aromatic amines is 1. The number of likely N-dealkylation sites (N-methyl/N-ethyl adjacent to an activating group) is 1. The van der Waals surface area contributed by atoms with Crippen LogP contribution in [0.25, 0.3) is 0 Å². The van der Waals surface area contributed by atoms with Crippen molar-refractivity contribution in [1.29, 1.82) is 0 Å². The predicted molar refractivity (Wildman–Crippen MR) is 90.3 cm³/mol. The third kappa shape index (κ3) is 5.59. The van der Waals surface area contributed by atoms with Gasteiger partial charge in [0.2, 0.25) is 0 Å². The Morgan fingerprint density at radius 1 is 1.39 bits per heavy atom. The maximum absolute atomic E-state index is 12.0. The molecule has 0 saturated carbocycles. The maximum atomic E-state index is 12.0. The van der Waals surface area contributed by atoms with E-state index in [1.54, 1.807) is 36.5 Å². The summed E-state index contributed by atoms with van der Waals surface area (Å²) >= 11 is 5.77. The van der Waals surface area contributed by atoms with Crippen LogP contribution < -0.4 is 10.1 Å². The fraction of sp³-hybridized carbons (Fsp3) is 0.312. The van der Waals surface area contributed by atoms with Gasteiger partial charge in [-0.3, -0.25) is 4.79 Å². The summed E-state index contributed by atoms with van der Waals surface area (Å²) < 4.78 is 5.50. The van der Waals surface area contributed by atoms with Crippen LogP contribution >= 0.6 is 11.6 Å². The second-order valence-corrected chi connectivity index (χ2v) is 5.87. The lowest BCUT2D eigenvalue weighted by atomic mass is 10.3. The number of hydrogen-bond acceptors (Lipinski definition) is 4. The largest absolute Gasteiger partial charge is 0.491 e. The minimum absolute atomic E-state index is 0.213. The van der Waals surface area contributed by atoms with Crippen molar-refractivity contribution in [2.24, 2.45) is 0 Å². The van der Waals surface area contributed by atoms with E-state index in [2.05, 4.69) is 10.3 Å². The van der Waals surface area contributed by atoms with E-state index in [4.69, 9.17) is 16.3 Å². The van der Waals surface area contributed by atoms with Crippen LogP contribution in [0.4, 0.5) is 5.69 Å². The number of nitrogens with zero attached hydrogens (tertiary/aromatic N) is 1. The quantitative estimate of drug-likeness (QED) is 0.724. The highest BCUT2D eigenvalue weighted by molar-refractivity contribution is 6.31. The van der Waals surface area contributed by atoms with E-state index in [0.29, 0.717) is 28.7 Å². The first-order valence-corrected chi connectivity index (χ1v) is 7.53. The summed E-state index contributed by atoms with van der Waals surface area (Å²) in [4.78, 5) is 16.6. The Balaban J connectivity index is 1.86. The van der Waals surface area contributed by atoms with Gasteiger partial charge in [0.05, 0.1) is 5.02 Å². The zero-order chi connectivity index (χ0) is 16.8. The molecule has 23 heavy (non-hydrogen) atoms. The highest BCUT2D eigenvalue weighted by Gasteiger charge is 2.09. The molecular weight excluding hydrogens is 318 g/mol. The molecule has 0 unspecified atom stereocenters. The summed E-state index contributed by atoms with van der Waals surface area (Å²) in [5.74, 6) is 0.357. The van der Waals surface area contributed by atoms with Crippen molar-refractivity contribution in [3.8, 4) is 5.75 Å². The number of H-pyrrole nitrogens is 1. The first-order chi connectivity index (χ1) is 10.9. The third-order valence-electron chi connectivity index (χ3n) is 3.02. The molecule has 2 rings (SSSR count). The van der Waals surface area contributed by atoms with Crippen molar-refractivity contribution in [2.45, 2.75) is 6.10 Å². The maximum Gasteiger partial charge on any atom is 0.272 e. The Bertz CT molecular complexity index is 640. The summed E-state index contributed by atoms with van der Waals surface area (Å²) in [7, 11) is 3.77. The molecule has 0 bridgehead atoms. The molecule has 0 spiro atoms. The summed E-state index contributed by atoms with van der Waals surface area (Å²) in [5, 5.41) is 13.0. The monoisotopic (exact) mass is 337 g/mol. The third-order valence-corrected chi connectivity index (χ3v) is 3.24. The molecule has 0 fully saturated rings. The summed E-state index contributed by atoms with van der Waals surface area (Å²) in [6, 6.07) is 8.49. The van der Waals surface area contributed by atoms with Gasteiger partial charge >= 0.3 is 0 Å². The van der Waals surface area contributed by atoms with Crippen LogP contribution in [0.3, 0.4) is 0 Å². The average molecular weight is 338 g/mol. The van der Waals surface area contributed by atoms with Gasteiger partial charge in [-0.05, 0) is 44.4 Å². The second kappa shape index (κ2) is 8.01. The van der Waals surface area contributed by atoms with Gasteiger partial charge in [0.15, 0.2) is 0 Å². The average Bonchev–Trinajstić information content (AvgIpc) is 2.92. The molecule has 0 aliphatic carbocycles. The number of nitrogens with one attached hydrogen (secondary N) is 2. The van der Waals surface area contributed by atoms with E-state index in [9.17, 15) is 9.90 Å². The number of halogens is 1. The predicted octanol–water partition coefficient (Wildman–Crippen LogP) is 2.22. The molecule has 0 aliphatic rings. The van der Waals surface area contributed by atoms with Gasteiger partial charge in [0.1, 0.15) is 24.2 Å². The summed E-state index contributed by atoms with van der Waals surface area (Å²) in [6.07, 6.45) is 0.994. The number of anilines is 1. The van der Waals surface area contributed by atoms with Crippen molar-refractivity contribution in [1.82, 2.24) is 9.88 Å². The lowest BCUT2D eigenvalue weighted by Gasteiger charge is -2.16. The molecule has 0 radical (unpaired) electrons. The minimum atomic E-state index is -0.554. The van der Waals surface area contributed by atoms with Gasteiger partial charge in [-0.15, -0.1) is 0 Å². The van der Waals surface area contributed by atoms with Gasteiger partial charge in [-0.1, -0.05) is 11.6 Å². The van der Waals surface area contributed by atoms with Crippen molar-refractivity contribution >= 4 is 23.2 Å². The fourth-order valence-electron chi connectivity index (χ4n) is 2.00. The highest BCUT2D eigenvalue weighted by atomic mass is 35.5. The van der Waals surface area contributed by atoms with Crippen LogP contribution in [0.1, 0.15) is 10.5 Å². The van der Waals surface area contributed by atoms with Gasteiger partial charge in [-0.2, -0.15) is 0 Å². The number of aliphatic hydroxyl groups excluding tert-OH is 1. The molecule has 0 saturated heterocycles. The number of amides is 1. The van der Waals surface area contributed by atoms with Gasteiger partial charge in [0, 0.05) is 18.4 Å². The number of hydrogen-bond donors (Lipinski definition) is 3. The number of aliphatic hydroxyl groups is 1. The van der Waals surface area contributed by atoms with Crippen molar-refractivity contribution in [3.05, 3.63) is 47.2 Å². The Morgan fingerprint density at radius 2 is 2.09 bits per heavy atom. The van der Waals surface area contributed by atoms with Crippen molar-refractivity contribution in [2.75, 3.05) is 32.6 Å². The van der Waals surface area contributed by atoms with Crippen LogP contribution in [0.2, 0.25) is 5.02 Å². The molecule has 7 heteroatoms. The van der Waals surface area contributed by atoms with E-state index in [1.807, 2.05) is 19.0 Å². The molecule has 6 nitrogen and oxygen atoms in total. The molecule has 2 aromatic rings. The van der Waals surface area contributed by atoms with Gasteiger partial charge in [0.25, 0.3) is 5.91 Å². The molecule has 1 atom stereocenters. The topological polar surface area (TPSA) is 77.6 Å². The van der Waals surface area contributed by atoms with E-state index in [1.165, 1.54) is 0 Å². The zero-order valence-electron chi connectivity index (χ0n) is 13.0. The van der Waals surface area contributed by atoms with E-state index in [-0.39, 0.29) is 12.5 Å². The number of carbonyl (C=O) groups is 1. The summed E-state index contributed by atoms with van der Waals surface area (Å²) in [6.45, 7) is 0.748. The van der Waals surface area contributed by atoms with Crippen LogP contribution in [-0.2, 0) is 0 Å². The van der Waals surface area contributed by atoms with Crippen LogP contribution in [0.15, 0.2) is 36.5 Å². The molecule has 0 aliphatic heterocycles. The number of rotatable bonds is 7. The standard InChI is InChI=1S/C16H20ClN3O3/c1-20(2)9-13(21)10-23-14-5-3-12(4-6-14)19-16(22)15-7-11(17)8-18-15/h3-8,13,18,21H,9-10H2,1-2H3,(H,19,22)/t13-/m0/s1. The smallest absolute Gasteiger partial charge is 0.272 e. The molecule has 1 aromatic carbocycles. The van der Waals surface area contributed by atoms with Crippen LogP contribution in [0.5, 0.6) is 5.75 Å². The summed E-state index contributed by atoms with van der Waals surface area (Å²) in [5.41, 5.74) is 1.03. The number of carbonyl (C=O) groups excluding carboxylic acids is 1. The fourth-order valence-corrected chi connectivity index (χ4v) is 2.16. The Hall–Kier alpha value is -2.02. The zero-order valence-corrected chi connectivity index (χ0v) is 13.8. The van der Waals surface area contributed by atoms with Gasteiger partial charge in [-0.25, -0.2) is 0 Å². The molecule has 1 amide bonds. The highest BCUT2D eigenvalue weighted by Crippen LogP contribution is 2.17. The van der Waals surface area contributed by atoms with Crippen LogP contribution in [-0.4, -0.2) is 54.2 Å². The molecule has 3 N–H and O–H groups in total. The second-order valence-electron chi connectivity index (χ2n) is 5.44. The SMILES string of the molecule is CN(C)C[C@H](O)COc1ccc(NC(=O)c2cc(Cl)c[nH]2)cc1. The van der Waals surface area contributed by atoms with E-state index < -0.39 is 6.10 Å². The minimum Gasteiger partial charge on any atom is -0.491 e. The number of aromatic nitrogens is 1. The number of ether oxygens (including phenoxy) is 1. The molecule has 1 aromatic heterocycles. The van der Waals surface area contributed by atoms with Crippen molar-refractivity contribution < 1.29 is 14.6 Å². The first-order valence-electron chi connectivity index (χ1n) is 7.15. The first kappa shape index (κ1) is 17.3. The van der Waals surface area contributed by atoms with E-state index >= 15 is 0 Å². The van der Waals surface area contributed by atoms with Gasteiger partial charge < -0.3 is 25.0 Å². The van der Waals surface area contributed by atoms with Crippen molar-refractivity contribution in [3.63, 3.8) is 0 Å². The normalized spacial score (nSPS) is 12.2. The lowest BCUT2D eigenvalue weighted by molar-refractivity contribution is 0.0831. The lowest BCUT2D eigenvalue weighted by Crippen LogP contribution is -2.30.